The van der Waals surface area contributed by atoms with Gasteiger partial charge in [0, 0.05) is 12.1 Å². The van der Waals surface area contributed by atoms with E-state index in [9.17, 15) is 4.79 Å². The van der Waals surface area contributed by atoms with Gasteiger partial charge in [0.25, 0.3) is 5.91 Å². The molecule has 2 heterocycles. The first-order valence-electron chi connectivity index (χ1n) is 7.44. The molecule has 0 spiro atoms. The van der Waals surface area contributed by atoms with Gasteiger partial charge in [0.05, 0.1) is 10.2 Å². The van der Waals surface area contributed by atoms with Crippen LogP contribution < -0.4 is 14.3 Å². The van der Waals surface area contributed by atoms with Gasteiger partial charge >= 0.3 is 0 Å². The van der Waals surface area contributed by atoms with Crippen LogP contribution in [0.1, 0.15) is 10.4 Å². The highest BCUT2D eigenvalue weighted by atomic mass is 32.1. The number of para-hydroxylation sites is 1. The Kier molecular flexibility index (Phi) is 3.66. The lowest BCUT2D eigenvalue weighted by Crippen LogP contribution is -2.16. The van der Waals surface area contributed by atoms with Crippen LogP contribution in [0.2, 0.25) is 0 Å². The van der Waals surface area contributed by atoms with Crippen molar-refractivity contribution in [2.45, 2.75) is 6.54 Å². The molecule has 0 bridgehead atoms. The summed E-state index contributed by atoms with van der Waals surface area (Å²) in [6, 6.07) is 13.1. The summed E-state index contributed by atoms with van der Waals surface area (Å²) in [5.74, 6) is 0.916. The molecule has 0 radical (unpaired) electrons. The van der Waals surface area contributed by atoms with Gasteiger partial charge in [-0.05, 0) is 30.3 Å². The smallest absolute Gasteiger partial charge is 0.279 e. The van der Waals surface area contributed by atoms with Crippen molar-refractivity contribution >= 4 is 27.5 Å². The van der Waals surface area contributed by atoms with E-state index in [0.29, 0.717) is 28.4 Å². The summed E-state index contributed by atoms with van der Waals surface area (Å²) >= 11 is 1.48. The number of benzene rings is 2. The first-order chi connectivity index (χ1) is 11.8. The zero-order valence-corrected chi connectivity index (χ0v) is 13.6. The summed E-state index contributed by atoms with van der Waals surface area (Å²) in [7, 11) is 0. The second kappa shape index (κ2) is 5.98. The average molecular weight is 338 g/mol. The van der Waals surface area contributed by atoms with Crippen LogP contribution in [0.3, 0.4) is 0 Å². The minimum absolute atomic E-state index is 0.180. The van der Waals surface area contributed by atoms with Crippen molar-refractivity contribution < 1.29 is 14.3 Å². The molecule has 6 heteroatoms. The quantitative estimate of drug-likeness (QED) is 0.688. The second-order valence-corrected chi connectivity index (χ2v) is 6.25. The maximum atomic E-state index is 12.6. The molecule has 1 aliphatic rings. The van der Waals surface area contributed by atoms with Gasteiger partial charge in [0.2, 0.25) is 6.79 Å². The van der Waals surface area contributed by atoms with E-state index in [1.54, 1.807) is 24.3 Å². The molecule has 120 valence electrons. The number of hydrogen-bond acceptors (Lipinski definition) is 4. The molecule has 4 rings (SSSR count). The summed E-state index contributed by atoms with van der Waals surface area (Å²) in [5, 5.41) is 0. The first-order valence-corrected chi connectivity index (χ1v) is 8.26. The molecule has 3 aromatic rings. The van der Waals surface area contributed by atoms with Crippen LogP contribution in [0.25, 0.3) is 10.2 Å². The van der Waals surface area contributed by atoms with E-state index < -0.39 is 0 Å². The Labute approximate surface area is 142 Å². The largest absolute Gasteiger partial charge is 0.454 e. The number of allylic oxidation sites excluding steroid dienone is 1. The molecule has 0 unspecified atom stereocenters. The van der Waals surface area contributed by atoms with Crippen molar-refractivity contribution in [2.24, 2.45) is 4.99 Å². The Bertz CT molecular complexity index is 1020. The van der Waals surface area contributed by atoms with E-state index in [1.165, 1.54) is 11.3 Å². The van der Waals surface area contributed by atoms with Crippen LogP contribution in [-0.4, -0.2) is 17.3 Å². The van der Waals surface area contributed by atoms with Gasteiger partial charge in [-0.3, -0.25) is 4.79 Å². The number of nitrogens with zero attached hydrogens (tertiary/aromatic N) is 2. The SMILES string of the molecule is C=CCn1c(=NC(=O)c2ccc3c(c2)OCO3)sc2ccccc21. The molecule has 5 nitrogen and oxygen atoms in total. The van der Waals surface area contributed by atoms with Crippen molar-refractivity contribution in [1.29, 1.82) is 0 Å². The lowest BCUT2D eigenvalue weighted by molar-refractivity contribution is 0.0997. The third-order valence-corrected chi connectivity index (χ3v) is 4.78. The fourth-order valence-electron chi connectivity index (χ4n) is 2.59. The Hall–Kier alpha value is -2.86. The molecule has 0 fully saturated rings. The minimum Gasteiger partial charge on any atom is -0.454 e. The highest BCUT2D eigenvalue weighted by Crippen LogP contribution is 2.32. The summed E-state index contributed by atoms with van der Waals surface area (Å²) < 4.78 is 13.6. The van der Waals surface area contributed by atoms with E-state index >= 15 is 0 Å². The normalized spacial score (nSPS) is 13.4. The molecule has 0 N–H and O–H groups in total. The van der Waals surface area contributed by atoms with Gasteiger partial charge in [-0.1, -0.05) is 29.5 Å². The number of ether oxygens (including phenoxy) is 2. The Morgan fingerprint density at radius 2 is 2.08 bits per heavy atom. The van der Waals surface area contributed by atoms with E-state index in [0.717, 1.165) is 10.2 Å². The number of carbonyl (C=O) groups excluding carboxylic acids is 1. The van der Waals surface area contributed by atoms with E-state index in [4.69, 9.17) is 9.47 Å². The van der Waals surface area contributed by atoms with Crippen molar-refractivity contribution in [2.75, 3.05) is 6.79 Å². The zero-order valence-electron chi connectivity index (χ0n) is 12.8. The lowest BCUT2D eigenvalue weighted by atomic mass is 10.2. The summed E-state index contributed by atoms with van der Waals surface area (Å²) in [5.41, 5.74) is 1.52. The van der Waals surface area contributed by atoms with Crippen LogP contribution in [0.4, 0.5) is 0 Å². The third-order valence-electron chi connectivity index (χ3n) is 3.72. The van der Waals surface area contributed by atoms with Gasteiger partial charge in [-0.2, -0.15) is 4.99 Å². The summed E-state index contributed by atoms with van der Waals surface area (Å²) in [6.45, 7) is 4.56. The van der Waals surface area contributed by atoms with Crippen molar-refractivity contribution in [1.82, 2.24) is 4.57 Å². The van der Waals surface area contributed by atoms with E-state index in [-0.39, 0.29) is 12.7 Å². The molecule has 1 aromatic heterocycles. The molecule has 24 heavy (non-hydrogen) atoms. The van der Waals surface area contributed by atoms with Gasteiger partial charge in [-0.15, -0.1) is 6.58 Å². The lowest BCUT2D eigenvalue weighted by Gasteiger charge is -2.01. The molecule has 2 aromatic carbocycles. The van der Waals surface area contributed by atoms with Crippen molar-refractivity contribution in [3.05, 3.63) is 65.5 Å². The predicted octanol–water partition coefficient (Wildman–Crippen LogP) is 3.36. The molecule has 0 saturated heterocycles. The number of aromatic nitrogens is 1. The molecule has 0 aliphatic carbocycles. The summed E-state index contributed by atoms with van der Waals surface area (Å²) in [6.07, 6.45) is 1.79. The number of amides is 1. The molecular formula is C18H14N2O3S. The number of carbonyl (C=O) groups is 1. The van der Waals surface area contributed by atoms with Crippen LogP contribution in [0.5, 0.6) is 11.5 Å². The number of hydrogen-bond donors (Lipinski definition) is 0. The molecule has 0 saturated carbocycles. The molecule has 1 amide bonds. The molecular weight excluding hydrogens is 324 g/mol. The van der Waals surface area contributed by atoms with Gasteiger partial charge in [0.15, 0.2) is 16.3 Å². The van der Waals surface area contributed by atoms with E-state index in [1.807, 2.05) is 28.8 Å². The van der Waals surface area contributed by atoms with Crippen molar-refractivity contribution in [3.8, 4) is 11.5 Å². The van der Waals surface area contributed by atoms with Crippen molar-refractivity contribution in [3.63, 3.8) is 0 Å². The number of thiazole rings is 1. The standard InChI is InChI=1S/C18H14N2O3S/c1-2-9-20-13-5-3-4-6-16(13)24-18(20)19-17(21)12-7-8-14-15(10-12)23-11-22-14/h2-8,10H,1,9,11H2. The predicted molar refractivity (Wildman–Crippen MR) is 92.5 cm³/mol. The highest BCUT2D eigenvalue weighted by Gasteiger charge is 2.16. The Morgan fingerprint density at radius 1 is 1.25 bits per heavy atom. The van der Waals surface area contributed by atoms with Gasteiger partial charge in [-0.25, -0.2) is 0 Å². The maximum Gasteiger partial charge on any atom is 0.279 e. The maximum absolute atomic E-state index is 12.6. The molecule has 0 atom stereocenters. The third kappa shape index (κ3) is 2.51. The first kappa shape index (κ1) is 14.7. The summed E-state index contributed by atoms with van der Waals surface area (Å²) in [4.78, 5) is 17.5. The monoisotopic (exact) mass is 338 g/mol. The van der Waals surface area contributed by atoms with Gasteiger partial charge in [0.1, 0.15) is 0 Å². The number of rotatable bonds is 3. The van der Waals surface area contributed by atoms with Crippen LogP contribution in [-0.2, 0) is 6.54 Å². The topological polar surface area (TPSA) is 52.8 Å². The Morgan fingerprint density at radius 3 is 2.96 bits per heavy atom. The van der Waals surface area contributed by atoms with Crippen LogP contribution in [0, 0.1) is 0 Å². The van der Waals surface area contributed by atoms with Crippen LogP contribution >= 0.6 is 11.3 Å². The van der Waals surface area contributed by atoms with Gasteiger partial charge < -0.3 is 14.0 Å². The number of fused-ring (bicyclic) bond motifs is 2. The second-order valence-electron chi connectivity index (χ2n) is 5.24. The fourth-order valence-corrected chi connectivity index (χ4v) is 3.63. The molecule has 1 aliphatic heterocycles. The minimum atomic E-state index is -0.308. The van der Waals surface area contributed by atoms with Crippen LogP contribution in [0.15, 0.2) is 60.1 Å². The zero-order chi connectivity index (χ0) is 16.5. The highest BCUT2D eigenvalue weighted by molar-refractivity contribution is 7.16. The fraction of sp³-hybridized carbons (Fsp3) is 0.111. The Balaban J connectivity index is 1.80. The van der Waals surface area contributed by atoms with E-state index in [2.05, 4.69) is 11.6 Å². The average Bonchev–Trinajstić information content (AvgIpc) is 3.19.